The molecule has 0 amide bonds. The van der Waals surface area contributed by atoms with Crippen LogP contribution in [-0.2, 0) is 4.74 Å². The zero-order chi connectivity index (χ0) is 19.7. The average Bonchev–Trinajstić information content (AvgIpc) is 3.12. The second-order valence-electron chi connectivity index (χ2n) is 6.45. The van der Waals surface area contributed by atoms with Crippen molar-refractivity contribution >= 4 is 28.6 Å². The van der Waals surface area contributed by atoms with Gasteiger partial charge in [-0.15, -0.1) is 0 Å². The topological polar surface area (TPSA) is 84.6 Å². The van der Waals surface area contributed by atoms with Gasteiger partial charge in [0.15, 0.2) is 0 Å². The van der Waals surface area contributed by atoms with Gasteiger partial charge in [0.25, 0.3) is 5.71 Å². The van der Waals surface area contributed by atoms with E-state index in [1.807, 2.05) is 15.9 Å². The predicted octanol–water partition coefficient (Wildman–Crippen LogP) is 2.57. The first-order valence-electron chi connectivity index (χ1n) is 9.14. The summed E-state index contributed by atoms with van der Waals surface area (Å²) in [6.45, 7) is 6.16. The Hall–Kier alpha value is -3.23. The van der Waals surface area contributed by atoms with Crippen molar-refractivity contribution in [2.24, 2.45) is 0 Å². The van der Waals surface area contributed by atoms with Crippen molar-refractivity contribution in [1.82, 2.24) is 15.1 Å². The standard InChI is InChI=1S/C19H20FN5O3/c1-3-27-19(26)16-15-17(21-12(2)22-18(15)28-23-16)25-10-8-24(9-11-25)14-7-5-4-6-13(14)20/h4-7H,3,8-11H2,1-2H3. The predicted molar refractivity (Wildman–Crippen MR) is 101 cm³/mol. The number of hydrogen-bond acceptors (Lipinski definition) is 8. The molecule has 3 aromatic rings. The number of nitrogens with zero attached hydrogens (tertiary/aromatic N) is 5. The molecule has 1 aromatic carbocycles. The van der Waals surface area contributed by atoms with Crippen LogP contribution >= 0.6 is 0 Å². The van der Waals surface area contributed by atoms with Crippen LogP contribution < -0.4 is 9.80 Å². The number of para-hydroxylation sites is 1. The highest BCUT2D eigenvalue weighted by Crippen LogP contribution is 2.29. The Balaban J connectivity index is 1.64. The van der Waals surface area contributed by atoms with E-state index in [9.17, 15) is 9.18 Å². The van der Waals surface area contributed by atoms with E-state index in [0.717, 1.165) is 0 Å². The van der Waals surface area contributed by atoms with E-state index in [1.54, 1.807) is 26.0 Å². The van der Waals surface area contributed by atoms with Crippen LogP contribution in [0.5, 0.6) is 0 Å². The zero-order valence-electron chi connectivity index (χ0n) is 15.7. The van der Waals surface area contributed by atoms with E-state index < -0.39 is 5.97 Å². The summed E-state index contributed by atoms with van der Waals surface area (Å²) in [7, 11) is 0. The lowest BCUT2D eigenvalue weighted by molar-refractivity contribution is 0.0517. The maximum atomic E-state index is 14.1. The second kappa shape index (κ2) is 7.41. The highest BCUT2D eigenvalue weighted by atomic mass is 19.1. The van der Waals surface area contributed by atoms with E-state index >= 15 is 0 Å². The molecule has 3 heterocycles. The third-order valence-electron chi connectivity index (χ3n) is 4.67. The fraction of sp³-hybridized carbons (Fsp3) is 0.368. The van der Waals surface area contributed by atoms with Crippen molar-refractivity contribution in [3.05, 3.63) is 41.6 Å². The fourth-order valence-corrected chi connectivity index (χ4v) is 3.38. The maximum Gasteiger partial charge on any atom is 0.361 e. The molecule has 0 aliphatic carbocycles. The van der Waals surface area contributed by atoms with Gasteiger partial charge in [0.1, 0.15) is 22.8 Å². The molecule has 0 atom stereocenters. The van der Waals surface area contributed by atoms with Crippen molar-refractivity contribution < 1.29 is 18.4 Å². The van der Waals surface area contributed by atoms with Crippen LogP contribution in [0.15, 0.2) is 28.8 Å². The summed E-state index contributed by atoms with van der Waals surface area (Å²) in [5.74, 6) is 0.297. The van der Waals surface area contributed by atoms with Crippen molar-refractivity contribution in [2.75, 3.05) is 42.6 Å². The lowest BCUT2D eigenvalue weighted by Crippen LogP contribution is -2.47. The van der Waals surface area contributed by atoms with Gasteiger partial charge < -0.3 is 19.1 Å². The third kappa shape index (κ3) is 3.23. The van der Waals surface area contributed by atoms with Crippen LogP contribution in [0.1, 0.15) is 23.2 Å². The number of fused-ring (bicyclic) bond motifs is 1. The SMILES string of the molecule is CCOC(=O)c1noc2nc(C)nc(N3CCN(c4ccccc4F)CC3)c12. The molecule has 2 aromatic heterocycles. The molecule has 146 valence electrons. The summed E-state index contributed by atoms with van der Waals surface area (Å²) >= 11 is 0. The van der Waals surface area contributed by atoms with Crippen LogP contribution in [0.2, 0.25) is 0 Å². The number of anilines is 2. The van der Waals surface area contributed by atoms with Crippen molar-refractivity contribution in [1.29, 1.82) is 0 Å². The minimum atomic E-state index is -0.569. The van der Waals surface area contributed by atoms with E-state index in [1.165, 1.54) is 6.07 Å². The van der Waals surface area contributed by atoms with Gasteiger partial charge in [0.2, 0.25) is 5.69 Å². The molecule has 9 heteroatoms. The fourth-order valence-electron chi connectivity index (χ4n) is 3.38. The molecule has 28 heavy (non-hydrogen) atoms. The van der Waals surface area contributed by atoms with Gasteiger partial charge in [0, 0.05) is 26.2 Å². The quantitative estimate of drug-likeness (QED) is 0.634. The lowest BCUT2D eigenvalue weighted by atomic mass is 10.2. The Labute approximate surface area is 160 Å². The first kappa shape index (κ1) is 18.1. The maximum absolute atomic E-state index is 14.1. The molecule has 0 radical (unpaired) electrons. The molecular weight excluding hydrogens is 365 g/mol. The van der Waals surface area contributed by atoms with Crippen LogP contribution in [0.3, 0.4) is 0 Å². The Morgan fingerprint density at radius 1 is 1.18 bits per heavy atom. The molecule has 0 saturated carbocycles. The highest BCUT2D eigenvalue weighted by Gasteiger charge is 2.28. The summed E-state index contributed by atoms with van der Waals surface area (Å²) in [4.78, 5) is 25.0. The number of benzene rings is 1. The molecule has 0 unspecified atom stereocenters. The molecule has 0 bridgehead atoms. The number of hydrogen-bond donors (Lipinski definition) is 0. The Kier molecular flexibility index (Phi) is 4.81. The van der Waals surface area contributed by atoms with Gasteiger partial charge in [-0.2, -0.15) is 4.98 Å². The first-order valence-corrected chi connectivity index (χ1v) is 9.14. The van der Waals surface area contributed by atoms with E-state index in [-0.39, 0.29) is 23.8 Å². The van der Waals surface area contributed by atoms with E-state index in [0.29, 0.717) is 48.9 Å². The summed E-state index contributed by atoms with van der Waals surface area (Å²) < 4.78 is 24.4. The number of piperazine rings is 1. The van der Waals surface area contributed by atoms with E-state index in [2.05, 4.69) is 15.1 Å². The minimum absolute atomic E-state index is 0.0726. The van der Waals surface area contributed by atoms with Gasteiger partial charge in [-0.3, -0.25) is 0 Å². The smallest absolute Gasteiger partial charge is 0.361 e. The molecule has 1 saturated heterocycles. The Morgan fingerprint density at radius 3 is 2.61 bits per heavy atom. The number of halogens is 1. The Bertz CT molecular complexity index is 1010. The molecule has 1 aliphatic rings. The zero-order valence-corrected chi connectivity index (χ0v) is 15.7. The molecule has 0 N–H and O–H groups in total. The van der Waals surface area contributed by atoms with Crippen LogP contribution in [-0.4, -0.2) is 53.9 Å². The highest BCUT2D eigenvalue weighted by molar-refractivity contribution is 6.04. The third-order valence-corrected chi connectivity index (χ3v) is 4.67. The number of aryl methyl sites for hydroxylation is 1. The van der Waals surface area contributed by atoms with Gasteiger partial charge in [-0.05, 0) is 26.0 Å². The van der Waals surface area contributed by atoms with E-state index in [4.69, 9.17) is 9.26 Å². The summed E-state index contributed by atoms with van der Waals surface area (Å²) in [5.41, 5.74) is 0.911. The largest absolute Gasteiger partial charge is 0.461 e. The number of carbonyl (C=O) groups is 1. The van der Waals surface area contributed by atoms with Crippen LogP contribution in [0.25, 0.3) is 11.1 Å². The number of esters is 1. The second-order valence-corrected chi connectivity index (χ2v) is 6.45. The molecule has 8 nitrogen and oxygen atoms in total. The molecule has 1 fully saturated rings. The van der Waals surface area contributed by atoms with Crippen molar-refractivity contribution in [2.45, 2.75) is 13.8 Å². The van der Waals surface area contributed by atoms with Gasteiger partial charge in [-0.1, -0.05) is 17.3 Å². The minimum Gasteiger partial charge on any atom is -0.461 e. The normalized spacial score (nSPS) is 14.5. The Morgan fingerprint density at radius 2 is 1.89 bits per heavy atom. The monoisotopic (exact) mass is 385 g/mol. The van der Waals surface area contributed by atoms with Gasteiger partial charge >= 0.3 is 5.97 Å². The number of carbonyl (C=O) groups excluding carboxylic acids is 1. The molecule has 1 aliphatic heterocycles. The summed E-state index contributed by atoms with van der Waals surface area (Å²) in [5, 5.41) is 4.29. The number of rotatable bonds is 4. The summed E-state index contributed by atoms with van der Waals surface area (Å²) in [6, 6.07) is 6.74. The van der Waals surface area contributed by atoms with Crippen molar-refractivity contribution in [3.63, 3.8) is 0 Å². The molecule has 0 spiro atoms. The van der Waals surface area contributed by atoms with Crippen molar-refractivity contribution in [3.8, 4) is 0 Å². The average molecular weight is 385 g/mol. The number of ether oxygens (including phenoxy) is 1. The first-order chi connectivity index (χ1) is 13.6. The number of aromatic nitrogens is 3. The van der Waals surface area contributed by atoms with Crippen LogP contribution in [0, 0.1) is 12.7 Å². The lowest BCUT2D eigenvalue weighted by Gasteiger charge is -2.37. The van der Waals surface area contributed by atoms with Crippen LogP contribution in [0.4, 0.5) is 15.9 Å². The van der Waals surface area contributed by atoms with Gasteiger partial charge in [0.05, 0.1) is 12.3 Å². The molecule has 4 rings (SSSR count). The summed E-state index contributed by atoms with van der Waals surface area (Å²) in [6.07, 6.45) is 0. The molecular formula is C19H20FN5O3. The van der Waals surface area contributed by atoms with Gasteiger partial charge in [-0.25, -0.2) is 14.2 Å².